The summed E-state index contributed by atoms with van der Waals surface area (Å²) in [5.41, 5.74) is 21.3. The van der Waals surface area contributed by atoms with E-state index < -0.39 is 0 Å². The summed E-state index contributed by atoms with van der Waals surface area (Å²) >= 11 is 0. The first-order valence-corrected chi connectivity index (χ1v) is 20.7. The van der Waals surface area contributed by atoms with E-state index >= 15 is 0 Å². The summed E-state index contributed by atoms with van der Waals surface area (Å²) in [7, 11) is 0. The fourth-order valence-corrected chi connectivity index (χ4v) is 9.62. The van der Waals surface area contributed by atoms with Gasteiger partial charge in [0.15, 0.2) is 11.5 Å². The van der Waals surface area contributed by atoms with Crippen LogP contribution in [0.25, 0.3) is 11.0 Å². The average Bonchev–Trinajstić information content (AvgIpc) is 3.50. The largest absolute Gasteiger partial charge is 0.486 e. The fraction of sp³-hybridized carbons (Fsp3) is 0.373. The molecule has 3 aliphatic rings. The zero-order valence-electron chi connectivity index (χ0n) is 36.5. The van der Waals surface area contributed by atoms with Crippen molar-refractivity contribution in [1.29, 1.82) is 0 Å². The van der Waals surface area contributed by atoms with Crippen LogP contribution >= 0.6 is 0 Å². The van der Waals surface area contributed by atoms with Crippen LogP contribution in [0.2, 0.25) is 0 Å². The highest BCUT2D eigenvalue weighted by Crippen LogP contribution is 2.52. The molecule has 0 amide bonds. The lowest BCUT2D eigenvalue weighted by Gasteiger charge is -2.44. The van der Waals surface area contributed by atoms with E-state index in [9.17, 15) is 0 Å². The summed E-state index contributed by atoms with van der Waals surface area (Å²) in [5, 5.41) is 1.15. The molecular weight excluding hydrogens is 699 g/mol. The molecule has 57 heavy (non-hydrogen) atoms. The van der Waals surface area contributed by atoms with E-state index in [1.165, 1.54) is 61.4 Å². The van der Waals surface area contributed by atoms with Gasteiger partial charge in [0.1, 0.15) is 18.8 Å². The van der Waals surface area contributed by atoms with Crippen molar-refractivity contribution < 1.29 is 13.9 Å². The lowest BCUT2D eigenvalue weighted by molar-refractivity contribution is 0.170. The molecule has 9 rings (SSSR count). The van der Waals surface area contributed by atoms with Crippen LogP contribution in [0.1, 0.15) is 107 Å². The molecule has 0 atom stereocenters. The van der Waals surface area contributed by atoms with Crippen molar-refractivity contribution in [2.24, 2.45) is 0 Å². The lowest BCUT2D eigenvalue weighted by atomic mass is 9.35. The van der Waals surface area contributed by atoms with Crippen LogP contribution in [0.15, 0.2) is 71.1 Å². The fourth-order valence-electron chi connectivity index (χ4n) is 9.62. The molecule has 6 heteroatoms. The van der Waals surface area contributed by atoms with Crippen LogP contribution in [0.5, 0.6) is 11.5 Å². The Kier molecular flexibility index (Phi) is 8.19. The van der Waals surface area contributed by atoms with Gasteiger partial charge < -0.3 is 23.7 Å². The Labute approximate surface area is 340 Å². The first-order chi connectivity index (χ1) is 26.7. The number of fused-ring (bicyclic) bond motifs is 7. The molecule has 0 fully saturated rings. The molecule has 5 nitrogen and oxygen atoms in total. The Hall–Kier alpha value is -5.10. The average molecular weight is 757 g/mol. The molecule has 0 N–H and O–H groups in total. The molecule has 292 valence electrons. The van der Waals surface area contributed by atoms with Crippen LogP contribution in [0.3, 0.4) is 0 Å². The van der Waals surface area contributed by atoms with E-state index in [4.69, 9.17) is 13.9 Å². The first-order valence-electron chi connectivity index (χ1n) is 20.7. The summed E-state index contributed by atoms with van der Waals surface area (Å²) in [4.78, 5) is 5.08. The van der Waals surface area contributed by atoms with Gasteiger partial charge in [-0.1, -0.05) is 92.6 Å². The highest BCUT2D eigenvalue weighted by Gasteiger charge is 2.48. The maximum absolute atomic E-state index is 7.30. The molecule has 4 heterocycles. The number of furan rings is 1. The van der Waals surface area contributed by atoms with Crippen LogP contribution in [0, 0.1) is 34.6 Å². The van der Waals surface area contributed by atoms with E-state index in [0.29, 0.717) is 13.2 Å². The van der Waals surface area contributed by atoms with Gasteiger partial charge in [0, 0.05) is 28.0 Å². The van der Waals surface area contributed by atoms with Crippen molar-refractivity contribution in [3.63, 3.8) is 0 Å². The molecule has 3 aliphatic heterocycles. The van der Waals surface area contributed by atoms with Crippen molar-refractivity contribution in [3.8, 4) is 11.5 Å². The van der Waals surface area contributed by atoms with Crippen LogP contribution in [-0.2, 0) is 16.2 Å². The van der Waals surface area contributed by atoms with Crippen molar-refractivity contribution in [3.05, 3.63) is 111 Å². The highest BCUT2D eigenvalue weighted by molar-refractivity contribution is 7.00. The molecule has 0 unspecified atom stereocenters. The summed E-state index contributed by atoms with van der Waals surface area (Å²) in [6.45, 7) is 32.9. The van der Waals surface area contributed by atoms with Gasteiger partial charge in [-0.3, -0.25) is 0 Å². The third-order valence-corrected chi connectivity index (χ3v) is 12.6. The second-order valence-corrected chi connectivity index (χ2v) is 20.0. The third kappa shape index (κ3) is 5.72. The molecule has 0 aliphatic carbocycles. The zero-order chi connectivity index (χ0) is 40.7. The van der Waals surface area contributed by atoms with Crippen molar-refractivity contribution in [2.45, 2.75) is 113 Å². The van der Waals surface area contributed by atoms with Gasteiger partial charge in [-0.15, -0.1) is 0 Å². The van der Waals surface area contributed by atoms with E-state index in [0.717, 1.165) is 56.3 Å². The van der Waals surface area contributed by atoms with Gasteiger partial charge in [-0.2, -0.15) is 0 Å². The number of nitrogens with zero attached hydrogens (tertiary/aromatic N) is 2. The molecule has 0 spiro atoms. The van der Waals surface area contributed by atoms with Crippen LogP contribution < -0.4 is 35.9 Å². The van der Waals surface area contributed by atoms with Gasteiger partial charge in [-0.25, -0.2) is 0 Å². The lowest BCUT2D eigenvalue weighted by Crippen LogP contribution is -2.61. The molecule has 6 aromatic rings. The maximum atomic E-state index is 7.30. The van der Waals surface area contributed by atoms with Crippen LogP contribution in [-0.4, -0.2) is 19.9 Å². The van der Waals surface area contributed by atoms with E-state index in [1.807, 2.05) is 0 Å². The first kappa shape index (κ1) is 37.5. The summed E-state index contributed by atoms with van der Waals surface area (Å²) in [6, 6.07) is 25.7. The Bertz CT molecular complexity index is 2640. The van der Waals surface area contributed by atoms with Crippen molar-refractivity contribution in [2.75, 3.05) is 23.0 Å². The van der Waals surface area contributed by atoms with Gasteiger partial charge in [0.2, 0.25) is 0 Å². The number of rotatable bonds is 2. The van der Waals surface area contributed by atoms with E-state index in [-0.39, 0.29) is 23.0 Å². The minimum absolute atomic E-state index is 0.0208. The quantitative estimate of drug-likeness (QED) is 0.164. The SMILES string of the molecule is Cc1cc2c3c(c1)N(c1c(C)cc(C(C)(C)C)cc1C)c1c(oc4ccc(C(C)(C)C)cc14)B3c1cc(C(C)(C)C)ccc1N2c1c(C)cc2c(c1C)OCCO2. The van der Waals surface area contributed by atoms with Gasteiger partial charge in [0.25, 0.3) is 6.71 Å². The van der Waals surface area contributed by atoms with E-state index in [2.05, 4.69) is 173 Å². The number of ether oxygens (including phenoxy) is 2. The summed E-state index contributed by atoms with van der Waals surface area (Å²) in [6.07, 6.45) is 0. The molecule has 0 bridgehead atoms. The monoisotopic (exact) mass is 756 g/mol. The third-order valence-electron chi connectivity index (χ3n) is 12.6. The Morgan fingerprint density at radius 3 is 1.77 bits per heavy atom. The maximum Gasteiger partial charge on any atom is 0.297 e. The number of benzene rings is 5. The summed E-state index contributed by atoms with van der Waals surface area (Å²) in [5.74, 6) is 1.65. The van der Waals surface area contributed by atoms with Crippen molar-refractivity contribution in [1.82, 2.24) is 0 Å². The molecule has 5 aromatic carbocycles. The second-order valence-electron chi connectivity index (χ2n) is 20.0. The molecule has 0 radical (unpaired) electrons. The standard InChI is InChI=1S/C51H57BN2O3/c1-28-21-39-43-40(22-28)54(44-29(2)23-35(24-30(44)3)51(12,13)14)46-36-26-33(49(6,7)8)16-18-41(36)57-48(46)52(43)37-27-34(50(9,10)11)15-17-38(37)53(39)45-31(4)25-42-47(32(45)5)56-20-19-55-42/h15-18,21-27H,19-20H2,1-14H3. The summed E-state index contributed by atoms with van der Waals surface area (Å²) < 4.78 is 19.8. The molecule has 0 saturated carbocycles. The molecule has 1 aromatic heterocycles. The predicted molar refractivity (Wildman–Crippen MR) is 241 cm³/mol. The Morgan fingerprint density at radius 2 is 1.12 bits per heavy atom. The Morgan fingerprint density at radius 1 is 0.544 bits per heavy atom. The van der Waals surface area contributed by atoms with Crippen LogP contribution in [0.4, 0.5) is 34.1 Å². The number of hydrogen-bond donors (Lipinski definition) is 0. The number of aryl methyl sites for hydroxylation is 4. The zero-order valence-corrected chi connectivity index (χ0v) is 36.5. The predicted octanol–water partition coefficient (Wildman–Crippen LogP) is 11.7. The Balaban J connectivity index is 1.44. The topological polar surface area (TPSA) is 38.1 Å². The van der Waals surface area contributed by atoms with Crippen molar-refractivity contribution >= 4 is 68.4 Å². The minimum atomic E-state index is -0.131. The smallest absolute Gasteiger partial charge is 0.297 e. The van der Waals surface area contributed by atoms with Gasteiger partial charge in [-0.05, 0) is 137 Å². The number of anilines is 6. The molecular formula is C51H57BN2O3. The second kappa shape index (κ2) is 12.5. The van der Waals surface area contributed by atoms with Gasteiger partial charge >= 0.3 is 0 Å². The van der Waals surface area contributed by atoms with E-state index in [1.54, 1.807) is 0 Å². The normalized spacial score (nSPS) is 14.9. The van der Waals surface area contributed by atoms with Gasteiger partial charge in [0.05, 0.1) is 22.7 Å². The minimum Gasteiger partial charge on any atom is -0.486 e. The highest BCUT2D eigenvalue weighted by atomic mass is 16.6. The molecule has 0 saturated heterocycles. The number of hydrogen-bond acceptors (Lipinski definition) is 5.